The first-order valence-electron chi connectivity index (χ1n) is 5.04. The fourth-order valence-electron chi connectivity index (χ4n) is 1.39. The molecule has 0 atom stereocenters. The number of nitrogens with one attached hydrogen (secondary N) is 1. The summed E-state index contributed by atoms with van der Waals surface area (Å²) in [5, 5.41) is 3.39. The molecule has 0 bridgehead atoms. The Morgan fingerprint density at radius 2 is 2.00 bits per heavy atom. The Kier molecular flexibility index (Phi) is 5.33. The third-order valence-electron chi connectivity index (χ3n) is 2.17. The first-order chi connectivity index (χ1) is 8.15. The lowest BCUT2D eigenvalue weighted by molar-refractivity contribution is 0.697. The summed E-state index contributed by atoms with van der Waals surface area (Å²) in [4.78, 5) is 2.55. The number of thiophene rings is 2. The van der Waals surface area contributed by atoms with Crippen molar-refractivity contribution in [3.63, 3.8) is 0 Å². The second kappa shape index (κ2) is 6.55. The van der Waals surface area contributed by atoms with Crippen molar-refractivity contribution in [2.75, 3.05) is 6.54 Å². The van der Waals surface area contributed by atoms with Crippen molar-refractivity contribution in [2.45, 2.75) is 13.0 Å². The first kappa shape index (κ1) is 13.8. The van der Waals surface area contributed by atoms with Gasteiger partial charge in [-0.1, -0.05) is 23.2 Å². The second-order valence-electron chi connectivity index (χ2n) is 3.47. The summed E-state index contributed by atoms with van der Waals surface area (Å²) < 4.78 is 2.65. The minimum Gasteiger partial charge on any atom is -0.311 e. The van der Waals surface area contributed by atoms with Crippen molar-refractivity contribution in [1.29, 1.82) is 0 Å². The second-order valence-corrected chi connectivity index (χ2v) is 7.86. The quantitative estimate of drug-likeness (QED) is 0.712. The molecule has 1 N–H and O–H groups in total. The number of hydrogen-bond acceptors (Lipinski definition) is 3. The van der Waals surface area contributed by atoms with Crippen molar-refractivity contribution >= 4 is 61.8 Å². The van der Waals surface area contributed by atoms with Gasteiger partial charge >= 0.3 is 0 Å². The van der Waals surface area contributed by atoms with Crippen molar-refractivity contribution in [3.8, 4) is 0 Å². The Morgan fingerprint density at radius 3 is 2.59 bits per heavy atom. The molecule has 17 heavy (non-hydrogen) atoms. The highest BCUT2D eigenvalue weighted by Crippen LogP contribution is 2.31. The molecule has 92 valence electrons. The molecule has 0 amide bonds. The van der Waals surface area contributed by atoms with Crippen molar-refractivity contribution < 1.29 is 0 Å². The van der Waals surface area contributed by atoms with Gasteiger partial charge in [-0.2, -0.15) is 0 Å². The van der Waals surface area contributed by atoms with Crippen molar-refractivity contribution in [2.24, 2.45) is 0 Å². The summed E-state index contributed by atoms with van der Waals surface area (Å²) in [5.41, 5.74) is 0. The molecule has 0 saturated carbocycles. The molecule has 2 aromatic rings. The summed E-state index contributed by atoms with van der Waals surface area (Å²) in [6, 6.07) is 6.08. The zero-order valence-electron chi connectivity index (χ0n) is 8.80. The third kappa shape index (κ3) is 4.23. The van der Waals surface area contributed by atoms with Gasteiger partial charge in [0.2, 0.25) is 0 Å². The van der Waals surface area contributed by atoms with Crippen LogP contribution >= 0.6 is 61.8 Å². The maximum Gasteiger partial charge on any atom is 0.107 e. The Hall–Kier alpha value is 0.420. The minimum absolute atomic E-state index is 0.812. The van der Waals surface area contributed by atoms with Gasteiger partial charge in [-0.05, 0) is 40.5 Å². The van der Waals surface area contributed by atoms with E-state index in [1.165, 1.54) is 9.75 Å². The number of rotatable bonds is 5. The molecule has 0 aliphatic carbocycles. The van der Waals surface area contributed by atoms with E-state index in [0.29, 0.717) is 0 Å². The first-order valence-corrected chi connectivity index (χ1v) is 8.22. The van der Waals surface area contributed by atoms with E-state index in [0.717, 1.165) is 32.7 Å². The van der Waals surface area contributed by atoms with Gasteiger partial charge in [0.1, 0.15) is 4.34 Å². The van der Waals surface area contributed by atoms with Crippen LogP contribution in [-0.4, -0.2) is 6.54 Å². The molecule has 2 aromatic heterocycles. The maximum atomic E-state index is 5.97. The van der Waals surface area contributed by atoms with Crippen LogP contribution in [-0.2, 0) is 13.0 Å². The summed E-state index contributed by atoms with van der Waals surface area (Å²) >= 11 is 18.5. The molecule has 0 radical (unpaired) electrons. The van der Waals surface area contributed by atoms with Crippen LogP contribution in [0.25, 0.3) is 0 Å². The van der Waals surface area contributed by atoms with Crippen LogP contribution in [0.4, 0.5) is 0 Å². The lowest BCUT2D eigenvalue weighted by atomic mass is 10.3. The summed E-state index contributed by atoms with van der Waals surface area (Å²) in [6.07, 6.45) is 1.01. The van der Waals surface area contributed by atoms with E-state index in [1.807, 2.05) is 6.07 Å². The molecule has 0 aliphatic heterocycles. The Labute approximate surface area is 127 Å². The molecule has 2 heterocycles. The smallest absolute Gasteiger partial charge is 0.107 e. The highest BCUT2D eigenvalue weighted by molar-refractivity contribution is 9.10. The van der Waals surface area contributed by atoms with Crippen LogP contribution in [0.5, 0.6) is 0 Å². The van der Waals surface area contributed by atoms with Gasteiger partial charge in [0.15, 0.2) is 0 Å². The lowest BCUT2D eigenvalue weighted by Crippen LogP contribution is -2.15. The average molecular weight is 371 g/mol. The van der Waals surface area contributed by atoms with E-state index in [4.69, 9.17) is 23.2 Å². The summed E-state index contributed by atoms with van der Waals surface area (Å²) in [6.45, 7) is 1.80. The van der Waals surface area contributed by atoms with Crippen LogP contribution in [0, 0.1) is 0 Å². The van der Waals surface area contributed by atoms with E-state index in [9.17, 15) is 0 Å². The predicted molar refractivity (Wildman–Crippen MR) is 81.8 cm³/mol. The molecule has 2 rings (SSSR count). The fourth-order valence-corrected chi connectivity index (χ4v) is 4.23. The van der Waals surface area contributed by atoms with Gasteiger partial charge in [-0.15, -0.1) is 22.7 Å². The Bertz CT molecular complexity index is 476. The Morgan fingerprint density at radius 1 is 1.18 bits per heavy atom. The van der Waals surface area contributed by atoms with E-state index in [-0.39, 0.29) is 0 Å². The average Bonchev–Trinajstić information content (AvgIpc) is 2.82. The third-order valence-corrected chi connectivity index (χ3v) is 5.94. The highest BCUT2D eigenvalue weighted by Gasteiger charge is 2.04. The van der Waals surface area contributed by atoms with Crippen molar-refractivity contribution in [1.82, 2.24) is 5.32 Å². The van der Waals surface area contributed by atoms with Crippen LogP contribution in [0.15, 0.2) is 22.7 Å². The molecule has 6 heteroatoms. The van der Waals surface area contributed by atoms with Crippen LogP contribution in [0.2, 0.25) is 8.67 Å². The molecule has 0 fully saturated rings. The minimum atomic E-state index is 0.812. The highest BCUT2D eigenvalue weighted by atomic mass is 79.9. The van der Waals surface area contributed by atoms with Gasteiger partial charge in [0, 0.05) is 27.3 Å². The lowest BCUT2D eigenvalue weighted by Gasteiger charge is -2.00. The number of halogens is 3. The predicted octanol–water partition coefficient (Wildman–Crippen LogP) is 5.21. The molecular weight excluding hydrogens is 361 g/mol. The van der Waals surface area contributed by atoms with Crippen molar-refractivity contribution in [3.05, 3.63) is 41.1 Å². The zero-order chi connectivity index (χ0) is 12.3. The van der Waals surface area contributed by atoms with E-state index in [1.54, 1.807) is 22.7 Å². The van der Waals surface area contributed by atoms with E-state index >= 15 is 0 Å². The normalized spacial score (nSPS) is 11.0. The van der Waals surface area contributed by atoms with Crippen LogP contribution in [0.3, 0.4) is 0 Å². The largest absolute Gasteiger partial charge is 0.311 e. The SMILES string of the molecule is Clc1ccc(CCNCc2cc(Br)c(Cl)s2)s1. The molecule has 0 aromatic carbocycles. The van der Waals surface area contributed by atoms with Gasteiger partial charge in [-0.3, -0.25) is 0 Å². The standard InChI is InChI=1S/C11H10BrCl2NS2/c12-9-5-8(17-11(9)14)6-15-4-3-7-1-2-10(13)16-7/h1-2,5,15H,3-4,6H2. The maximum absolute atomic E-state index is 5.97. The molecule has 0 saturated heterocycles. The van der Waals surface area contributed by atoms with Crippen LogP contribution < -0.4 is 5.32 Å². The molecule has 1 nitrogen and oxygen atoms in total. The van der Waals surface area contributed by atoms with E-state index < -0.39 is 0 Å². The van der Waals surface area contributed by atoms with Gasteiger partial charge in [-0.25, -0.2) is 0 Å². The molecular formula is C11H10BrCl2NS2. The summed E-state index contributed by atoms with van der Waals surface area (Å²) in [5.74, 6) is 0. The molecule has 0 aliphatic rings. The zero-order valence-corrected chi connectivity index (χ0v) is 13.5. The van der Waals surface area contributed by atoms with Gasteiger partial charge in [0.05, 0.1) is 4.34 Å². The van der Waals surface area contributed by atoms with Gasteiger partial charge in [0.25, 0.3) is 0 Å². The molecule has 0 unspecified atom stereocenters. The summed E-state index contributed by atoms with van der Waals surface area (Å²) in [7, 11) is 0. The number of hydrogen-bond donors (Lipinski definition) is 1. The van der Waals surface area contributed by atoms with Gasteiger partial charge < -0.3 is 5.32 Å². The Balaban J connectivity index is 1.73. The topological polar surface area (TPSA) is 12.0 Å². The van der Waals surface area contributed by atoms with E-state index in [2.05, 4.69) is 33.4 Å². The monoisotopic (exact) mass is 369 g/mol. The van der Waals surface area contributed by atoms with Crippen LogP contribution in [0.1, 0.15) is 9.75 Å². The molecule has 0 spiro atoms. The fraction of sp³-hybridized carbons (Fsp3) is 0.273.